The van der Waals surface area contributed by atoms with Crippen LogP contribution in [0.5, 0.6) is 11.5 Å². The maximum absolute atomic E-state index is 12.3. The van der Waals surface area contributed by atoms with Gasteiger partial charge in [-0.2, -0.15) is 10.2 Å². The fourth-order valence-electron chi connectivity index (χ4n) is 2.82. The smallest absolute Gasteiger partial charge is 0.284 e. The first-order chi connectivity index (χ1) is 14.0. The standard InChI is InChI=1S/C20H16Cl2N4O3/c1-12-13(19(22)26(25-12)15-7-3-2-6-14(15)21)10-23-24-20(27)18-11-28-16-8-4-5-9-17(16)29-18/h2-10,18H,11H2,1H3,(H,24,27)/b23-10+. The largest absolute Gasteiger partial charge is 0.485 e. The molecule has 9 heteroatoms. The van der Waals surface area contributed by atoms with Crippen LogP contribution >= 0.6 is 23.2 Å². The molecule has 1 unspecified atom stereocenters. The van der Waals surface area contributed by atoms with Gasteiger partial charge in [-0.1, -0.05) is 47.5 Å². The highest BCUT2D eigenvalue weighted by atomic mass is 35.5. The molecule has 1 aliphatic heterocycles. The van der Waals surface area contributed by atoms with Crippen molar-refractivity contribution in [2.45, 2.75) is 13.0 Å². The van der Waals surface area contributed by atoms with Crippen LogP contribution < -0.4 is 14.9 Å². The first-order valence-electron chi connectivity index (χ1n) is 8.76. The minimum atomic E-state index is -0.801. The summed E-state index contributed by atoms with van der Waals surface area (Å²) in [5.74, 6) is 0.695. The molecule has 0 radical (unpaired) electrons. The van der Waals surface area contributed by atoms with E-state index in [9.17, 15) is 4.79 Å². The fraction of sp³-hybridized carbons (Fsp3) is 0.150. The zero-order valence-electron chi connectivity index (χ0n) is 15.3. The van der Waals surface area contributed by atoms with Crippen LogP contribution in [0, 0.1) is 6.92 Å². The van der Waals surface area contributed by atoms with E-state index in [1.165, 1.54) is 10.9 Å². The predicted molar refractivity (Wildman–Crippen MR) is 110 cm³/mol. The van der Waals surface area contributed by atoms with Crippen LogP contribution in [0.4, 0.5) is 0 Å². The van der Waals surface area contributed by atoms with Crippen LogP contribution in [-0.4, -0.2) is 34.6 Å². The zero-order valence-corrected chi connectivity index (χ0v) is 16.8. The number of benzene rings is 2. The summed E-state index contributed by atoms with van der Waals surface area (Å²) in [6.07, 6.45) is 0.637. The predicted octanol–water partition coefficient (Wildman–Crippen LogP) is 3.78. The van der Waals surface area contributed by atoms with E-state index in [0.29, 0.717) is 38.6 Å². The highest BCUT2D eigenvalue weighted by molar-refractivity contribution is 6.34. The lowest BCUT2D eigenvalue weighted by molar-refractivity contribution is -0.130. The van der Waals surface area contributed by atoms with Crippen LogP contribution in [0.1, 0.15) is 11.3 Å². The third-order valence-electron chi connectivity index (χ3n) is 4.30. The Hall–Kier alpha value is -3.03. The van der Waals surface area contributed by atoms with Gasteiger partial charge in [0, 0.05) is 0 Å². The Bertz CT molecular complexity index is 1100. The van der Waals surface area contributed by atoms with E-state index in [1.54, 1.807) is 25.1 Å². The summed E-state index contributed by atoms with van der Waals surface area (Å²) in [5, 5.41) is 9.25. The molecular formula is C20H16Cl2N4O3. The van der Waals surface area contributed by atoms with Gasteiger partial charge in [-0.05, 0) is 31.2 Å². The average Bonchev–Trinajstić information content (AvgIpc) is 3.01. The molecule has 2 heterocycles. The third kappa shape index (κ3) is 3.92. The maximum Gasteiger partial charge on any atom is 0.284 e. The second-order valence-electron chi connectivity index (χ2n) is 6.25. The van der Waals surface area contributed by atoms with Crippen LogP contribution in [-0.2, 0) is 4.79 Å². The first-order valence-corrected chi connectivity index (χ1v) is 9.51. The summed E-state index contributed by atoms with van der Waals surface area (Å²) in [5.41, 5.74) is 4.31. The Labute approximate surface area is 176 Å². The molecule has 1 aliphatic rings. The Morgan fingerprint density at radius 3 is 2.72 bits per heavy atom. The van der Waals surface area contributed by atoms with Gasteiger partial charge in [-0.3, -0.25) is 4.79 Å². The lowest BCUT2D eigenvalue weighted by atomic mass is 10.2. The molecule has 29 heavy (non-hydrogen) atoms. The number of rotatable bonds is 4. The summed E-state index contributed by atoms with van der Waals surface area (Å²) in [6, 6.07) is 14.4. The van der Waals surface area contributed by atoms with E-state index in [1.807, 2.05) is 30.3 Å². The third-order valence-corrected chi connectivity index (χ3v) is 4.98. The Morgan fingerprint density at radius 2 is 1.93 bits per heavy atom. The van der Waals surface area contributed by atoms with Gasteiger partial charge in [0.25, 0.3) is 5.91 Å². The normalized spacial score (nSPS) is 15.5. The van der Waals surface area contributed by atoms with Crippen molar-refractivity contribution in [2.24, 2.45) is 5.10 Å². The number of halogens is 2. The molecular weight excluding hydrogens is 415 g/mol. The van der Waals surface area contributed by atoms with Gasteiger partial charge in [0.05, 0.1) is 28.2 Å². The molecule has 0 fully saturated rings. The minimum absolute atomic E-state index is 0.0998. The Morgan fingerprint density at radius 1 is 1.21 bits per heavy atom. The molecule has 3 aromatic rings. The number of hydrogen-bond donors (Lipinski definition) is 1. The second kappa shape index (κ2) is 8.14. The van der Waals surface area contributed by atoms with E-state index < -0.39 is 12.0 Å². The van der Waals surface area contributed by atoms with E-state index in [2.05, 4.69) is 15.6 Å². The Kier molecular flexibility index (Phi) is 5.42. The van der Waals surface area contributed by atoms with Gasteiger partial charge in [0.15, 0.2) is 11.5 Å². The molecule has 1 atom stereocenters. The maximum atomic E-state index is 12.3. The topological polar surface area (TPSA) is 77.7 Å². The number of hydrogen-bond acceptors (Lipinski definition) is 5. The molecule has 7 nitrogen and oxygen atoms in total. The highest BCUT2D eigenvalue weighted by Crippen LogP contribution is 2.31. The number of para-hydroxylation sites is 3. The lowest BCUT2D eigenvalue weighted by Gasteiger charge is -2.24. The zero-order chi connectivity index (χ0) is 20.4. The Balaban J connectivity index is 1.46. The fourth-order valence-corrected chi connectivity index (χ4v) is 3.35. The van der Waals surface area contributed by atoms with Crippen molar-refractivity contribution in [3.63, 3.8) is 0 Å². The summed E-state index contributed by atoms with van der Waals surface area (Å²) in [6.45, 7) is 1.89. The van der Waals surface area contributed by atoms with Gasteiger partial charge in [0.1, 0.15) is 11.8 Å². The molecule has 1 aromatic heterocycles. The summed E-state index contributed by atoms with van der Waals surface area (Å²) in [4.78, 5) is 12.3. The van der Waals surface area contributed by atoms with Gasteiger partial charge in [-0.25, -0.2) is 10.1 Å². The molecule has 148 valence electrons. The summed E-state index contributed by atoms with van der Waals surface area (Å²) in [7, 11) is 0. The summed E-state index contributed by atoms with van der Waals surface area (Å²) < 4.78 is 12.7. The molecule has 4 rings (SSSR count). The number of nitrogens with zero attached hydrogens (tertiary/aromatic N) is 3. The quantitative estimate of drug-likeness (QED) is 0.504. The van der Waals surface area contributed by atoms with Crippen LogP contribution in [0.15, 0.2) is 53.6 Å². The molecule has 0 saturated heterocycles. The number of ether oxygens (including phenoxy) is 2. The van der Waals surface area contributed by atoms with Crippen LogP contribution in [0.2, 0.25) is 10.2 Å². The van der Waals surface area contributed by atoms with Gasteiger partial charge in [-0.15, -0.1) is 0 Å². The van der Waals surface area contributed by atoms with Crippen LogP contribution in [0.25, 0.3) is 5.69 Å². The summed E-state index contributed by atoms with van der Waals surface area (Å²) >= 11 is 12.7. The van der Waals surface area contributed by atoms with E-state index in [-0.39, 0.29) is 6.61 Å². The number of amides is 1. The van der Waals surface area contributed by atoms with Gasteiger partial charge in [0.2, 0.25) is 6.10 Å². The number of carbonyl (C=O) groups is 1. The number of aryl methyl sites for hydroxylation is 1. The van der Waals surface area contributed by atoms with Crippen LogP contribution in [0.3, 0.4) is 0 Å². The first kappa shape index (κ1) is 19.3. The number of fused-ring (bicyclic) bond motifs is 1. The average molecular weight is 431 g/mol. The van der Waals surface area contributed by atoms with Crippen molar-refractivity contribution in [3.05, 3.63) is 70.0 Å². The van der Waals surface area contributed by atoms with Crippen molar-refractivity contribution in [1.29, 1.82) is 0 Å². The van der Waals surface area contributed by atoms with Gasteiger partial charge < -0.3 is 9.47 Å². The number of hydrazone groups is 1. The highest BCUT2D eigenvalue weighted by Gasteiger charge is 2.27. The van der Waals surface area contributed by atoms with Gasteiger partial charge >= 0.3 is 0 Å². The number of nitrogens with one attached hydrogen (secondary N) is 1. The monoisotopic (exact) mass is 430 g/mol. The number of carbonyl (C=O) groups excluding carboxylic acids is 1. The van der Waals surface area contributed by atoms with Crippen molar-refractivity contribution in [3.8, 4) is 17.2 Å². The molecule has 0 spiro atoms. The van der Waals surface area contributed by atoms with E-state index >= 15 is 0 Å². The molecule has 2 aromatic carbocycles. The molecule has 0 bridgehead atoms. The minimum Gasteiger partial charge on any atom is -0.485 e. The second-order valence-corrected chi connectivity index (χ2v) is 7.02. The van der Waals surface area contributed by atoms with E-state index in [4.69, 9.17) is 32.7 Å². The van der Waals surface area contributed by atoms with Crippen molar-refractivity contribution in [2.75, 3.05) is 6.61 Å². The number of aromatic nitrogens is 2. The van der Waals surface area contributed by atoms with Crippen molar-refractivity contribution in [1.82, 2.24) is 15.2 Å². The van der Waals surface area contributed by atoms with Crippen molar-refractivity contribution >= 4 is 35.3 Å². The molecule has 1 N–H and O–H groups in total. The molecule has 0 saturated carbocycles. The SMILES string of the molecule is Cc1nn(-c2ccccc2Cl)c(Cl)c1/C=N/NC(=O)C1COc2ccccc2O1. The lowest BCUT2D eigenvalue weighted by Crippen LogP contribution is -2.42. The molecule has 1 amide bonds. The van der Waals surface area contributed by atoms with E-state index in [0.717, 1.165) is 0 Å². The van der Waals surface area contributed by atoms with Crippen molar-refractivity contribution < 1.29 is 14.3 Å². The molecule has 0 aliphatic carbocycles.